The van der Waals surface area contributed by atoms with Gasteiger partial charge in [-0.15, -0.1) is 0 Å². The average molecular weight is 238 g/mol. The Kier molecular flexibility index (Phi) is 2.94. The van der Waals surface area contributed by atoms with Gasteiger partial charge in [-0.2, -0.15) is 0 Å². The molecule has 2 rings (SSSR count). The second-order valence-corrected chi connectivity index (χ2v) is 4.29. The number of nitrogens with one attached hydrogen (secondary N) is 1. The van der Waals surface area contributed by atoms with Gasteiger partial charge in [0.25, 0.3) is 0 Å². The number of aromatic nitrogens is 2. The Bertz CT molecular complexity index is 533. The third-order valence-corrected chi connectivity index (χ3v) is 2.60. The molecule has 0 bridgehead atoms. The molecule has 0 aliphatic heterocycles. The lowest BCUT2D eigenvalue weighted by molar-refractivity contribution is 0.0959. The maximum atomic E-state index is 11.9. The molecule has 0 radical (unpaired) electrons. The Morgan fingerprint density at radius 1 is 1.56 bits per heavy atom. The Morgan fingerprint density at radius 2 is 2.31 bits per heavy atom. The molecule has 1 N–H and O–H groups in total. The number of carbonyl (C=O) groups excluding carboxylic acids is 1. The molecule has 2 aromatic heterocycles. The molecule has 0 unspecified atom stereocenters. The first-order chi connectivity index (χ1) is 7.59. The maximum Gasteiger partial charge on any atom is 0.179 e. The van der Waals surface area contributed by atoms with Crippen LogP contribution in [0.1, 0.15) is 10.4 Å². The van der Waals surface area contributed by atoms with Crippen LogP contribution in [0.5, 0.6) is 0 Å². The highest BCUT2D eigenvalue weighted by atomic mass is 35.5. The molecular weight excluding hydrogens is 226 g/mol. The van der Waals surface area contributed by atoms with E-state index in [9.17, 15) is 4.79 Å². The average Bonchev–Trinajstić information content (AvgIpc) is 2.61. The standard InChI is InChI=1S/C11H12ClN3O/c1-15(2)6-9(16)7-5-14-11-10(7)8(12)3-4-13-11/h3-5H,6H2,1-2H3,(H,13,14). The molecule has 0 saturated carbocycles. The van der Waals surface area contributed by atoms with E-state index in [2.05, 4.69) is 9.97 Å². The Hall–Kier alpha value is -1.39. The van der Waals surface area contributed by atoms with Crippen molar-refractivity contribution in [2.45, 2.75) is 0 Å². The second kappa shape index (κ2) is 4.23. The molecule has 16 heavy (non-hydrogen) atoms. The van der Waals surface area contributed by atoms with Crippen LogP contribution in [0, 0.1) is 0 Å². The monoisotopic (exact) mass is 237 g/mol. The topological polar surface area (TPSA) is 49.0 Å². The van der Waals surface area contributed by atoms with Gasteiger partial charge in [-0.05, 0) is 20.2 Å². The van der Waals surface area contributed by atoms with Crippen molar-refractivity contribution < 1.29 is 4.79 Å². The second-order valence-electron chi connectivity index (χ2n) is 3.88. The summed E-state index contributed by atoms with van der Waals surface area (Å²) < 4.78 is 0. The summed E-state index contributed by atoms with van der Waals surface area (Å²) in [5.74, 6) is 0.0335. The van der Waals surface area contributed by atoms with E-state index in [4.69, 9.17) is 11.6 Å². The van der Waals surface area contributed by atoms with Gasteiger partial charge in [0.1, 0.15) is 5.65 Å². The maximum absolute atomic E-state index is 11.9. The fourth-order valence-corrected chi connectivity index (χ4v) is 1.86. The van der Waals surface area contributed by atoms with Gasteiger partial charge in [-0.1, -0.05) is 11.6 Å². The number of hydrogen-bond acceptors (Lipinski definition) is 3. The van der Waals surface area contributed by atoms with Crippen molar-refractivity contribution in [1.29, 1.82) is 0 Å². The number of ketones is 1. The van der Waals surface area contributed by atoms with Crippen molar-refractivity contribution in [2.75, 3.05) is 20.6 Å². The van der Waals surface area contributed by atoms with Gasteiger partial charge in [0.2, 0.25) is 0 Å². The van der Waals surface area contributed by atoms with Crippen molar-refractivity contribution in [1.82, 2.24) is 14.9 Å². The number of hydrogen-bond donors (Lipinski definition) is 1. The lowest BCUT2D eigenvalue weighted by Gasteiger charge is -2.07. The van der Waals surface area contributed by atoms with Crippen LogP contribution in [0.2, 0.25) is 5.02 Å². The number of halogens is 1. The van der Waals surface area contributed by atoms with Crippen LogP contribution < -0.4 is 0 Å². The highest BCUT2D eigenvalue weighted by Crippen LogP contribution is 2.25. The van der Waals surface area contributed by atoms with E-state index >= 15 is 0 Å². The van der Waals surface area contributed by atoms with Crippen molar-refractivity contribution >= 4 is 28.4 Å². The molecular formula is C11H12ClN3O. The largest absolute Gasteiger partial charge is 0.345 e. The number of likely N-dealkylation sites (N-methyl/N-ethyl adjacent to an activating group) is 1. The molecule has 0 atom stereocenters. The molecule has 2 aromatic rings. The summed E-state index contributed by atoms with van der Waals surface area (Å²) in [6.45, 7) is 0.359. The molecule has 0 fully saturated rings. The SMILES string of the molecule is CN(C)CC(=O)c1c[nH]c2nccc(Cl)c12. The summed E-state index contributed by atoms with van der Waals surface area (Å²) in [5.41, 5.74) is 1.25. The van der Waals surface area contributed by atoms with Crippen LogP contribution in [0.4, 0.5) is 0 Å². The summed E-state index contributed by atoms with van der Waals surface area (Å²) in [4.78, 5) is 20.8. The van der Waals surface area contributed by atoms with Crippen molar-refractivity contribution in [3.8, 4) is 0 Å². The van der Waals surface area contributed by atoms with Crippen molar-refractivity contribution in [2.24, 2.45) is 0 Å². The van der Waals surface area contributed by atoms with E-state index in [-0.39, 0.29) is 5.78 Å². The highest BCUT2D eigenvalue weighted by Gasteiger charge is 2.15. The minimum atomic E-state index is 0.0335. The zero-order valence-electron chi connectivity index (χ0n) is 9.12. The quantitative estimate of drug-likeness (QED) is 0.831. The molecule has 84 valence electrons. The van der Waals surface area contributed by atoms with Crippen LogP contribution in [0.15, 0.2) is 18.5 Å². The minimum Gasteiger partial charge on any atom is -0.345 e. The summed E-state index contributed by atoms with van der Waals surface area (Å²) in [5, 5.41) is 1.25. The molecule has 0 aliphatic rings. The first kappa shape index (κ1) is 11.1. The van der Waals surface area contributed by atoms with Gasteiger partial charge in [-0.25, -0.2) is 4.98 Å². The van der Waals surface area contributed by atoms with Crippen molar-refractivity contribution in [3.05, 3.63) is 29.0 Å². The summed E-state index contributed by atoms with van der Waals surface area (Å²) >= 11 is 6.06. The molecule has 0 aliphatic carbocycles. The molecule has 0 amide bonds. The minimum absolute atomic E-state index is 0.0335. The number of carbonyl (C=O) groups is 1. The molecule has 5 heteroatoms. The molecule has 0 spiro atoms. The van der Waals surface area contributed by atoms with Crippen LogP contribution in [0.25, 0.3) is 11.0 Å². The lowest BCUT2D eigenvalue weighted by Crippen LogP contribution is -2.21. The normalized spacial score (nSPS) is 11.2. The van der Waals surface area contributed by atoms with Crippen LogP contribution in [-0.2, 0) is 0 Å². The number of aromatic amines is 1. The Balaban J connectivity index is 2.49. The molecule has 4 nitrogen and oxygen atoms in total. The van der Waals surface area contributed by atoms with Crippen LogP contribution >= 0.6 is 11.6 Å². The summed E-state index contributed by atoms with van der Waals surface area (Å²) in [6, 6.07) is 1.68. The summed E-state index contributed by atoms with van der Waals surface area (Å²) in [6.07, 6.45) is 3.27. The van der Waals surface area contributed by atoms with E-state index in [1.54, 1.807) is 18.5 Å². The van der Waals surface area contributed by atoms with Crippen LogP contribution in [0.3, 0.4) is 0 Å². The Morgan fingerprint density at radius 3 is 3.00 bits per heavy atom. The van der Waals surface area contributed by atoms with Gasteiger partial charge >= 0.3 is 0 Å². The van der Waals surface area contributed by atoms with Gasteiger partial charge in [0.05, 0.1) is 11.6 Å². The van der Waals surface area contributed by atoms with E-state index < -0.39 is 0 Å². The number of rotatable bonds is 3. The number of pyridine rings is 1. The van der Waals surface area contributed by atoms with E-state index in [0.29, 0.717) is 28.2 Å². The Labute approximate surface area is 98.2 Å². The van der Waals surface area contributed by atoms with E-state index in [1.807, 2.05) is 19.0 Å². The summed E-state index contributed by atoms with van der Waals surface area (Å²) in [7, 11) is 3.71. The third-order valence-electron chi connectivity index (χ3n) is 2.28. The molecule has 0 saturated heterocycles. The highest BCUT2D eigenvalue weighted by molar-refractivity contribution is 6.36. The number of fused-ring (bicyclic) bond motifs is 1. The zero-order chi connectivity index (χ0) is 11.7. The number of nitrogens with zero attached hydrogens (tertiary/aromatic N) is 2. The van der Waals surface area contributed by atoms with Crippen molar-refractivity contribution in [3.63, 3.8) is 0 Å². The van der Waals surface area contributed by atoms with Gasteiger partial charge in [0, 0.05) is 23.3 Å². The fourth-order valence-electron chi connectivity index (χ4n) is 1.61. The first-order valence-electron chi connectivity index (χ1n) is 4.89. The lowest BCUT2D eigenvalue weighted by atomic mass is 10.1. The van der Waals surface area contributed by atoms with Gasteiger partial charge in [-0.3, -0.25) is 4.79 Å². The number of H-pyrrole nitrogens is 1. The predicted molar refractivity (Wildman–Crippen MR) is 64.0 cm³/mol. The molecule has 0 aromatic carbocycles. The van der Waals surface area contributed by atoms with E-state index in [0.717, 1.165) is 0 Å². The smallest absolute Gasteiger partial charge is 0.179 e. The third kappa shape index (κ3) is 1.94. The van der Waals surface area contributed by atoms with Gasteiger partial charge < -0.3 is 9.88 Å². The number of Topliss-reactive ketones (excluding diaryl/α,β-unsaturated/α-hetero) is 1. The fraction of sp³-hybridized carbons (Fsp3) is 0.273. The van der Waals surface area contributed by atoms with Crippen LogP contribution in [-0.4, -0.2) is 41.3 Å². The first-order valence-corrected chi connectivity index (χ1v) is 5.27. The predicted octanol–water partition coefficient (Wildman–Crippen LogP) is 1.96. The zero-order valence-corrected chi connectivity index (χ0v) is 9.88. The molecule has 2 heterocycles. The van der Waals surface area contributed by atoms with Gasteiger partial charge in [0.15, 0.2) is 5.78 Å². The van der Waals surface area contributed by atoms with E-state index in [1.165, 1.54) is 0 Å².